The van der Waals surface area contributed by atoms with Crippen LogP contribution in [0.3, 0.4) is 0 Å². The largest absolute Gasteiger partial charge is 0.303 e. The van der Waals surface area contributed by atoms with Crippen molar-refractivity contribution in [1.82, 2.24) is 4.90 Å². The number of aryl methyl sites for hydroxylation is 1. The molecule has 0 aliphatic heterocycles. The highest BCUT2D eigenvalue weighted by atomic mass is 16.1. The summed E-state index contributed by atoms with van der Waals surface area (Å²) in [6.07, 6.45) is 4.58. The highest BCUT2D eigenvalue weighted by molar-refractivity contribution is 5.96. The molecule has 1 fully saturated rings. The molecule has 0 aromatic heterocycles. The van der Waals surface area contributed by atoms with E-state index in [1.54, 1.807) is 0 Å². The number of ketones is 1. The lowest BCUT2D eigenvalue weighted by atomic mass is 9.91. The van der Waals surface area contributed by atoms with Crippen molar-refractivity contribution in [2.24, 2.45) is 0 Å². The maximum atomic E-state index is 12.0. The number of hydrogen-bond acceptors (Lipinski definition) is 2. The molecule has 2 rings (SSSR count). The molecule has 0 atom stereocenters. The molecule has 92 valence electrons. The van der Waals surface area contributed by atoms with Crippen LogP contribution in [0.25, 0.3) is 0 Å². The van der Waals surface area contributed by atoms with Gasteiger partial charge in [0, 0.05) is 24.6 Å². The van der Waals surface area contributed by atoms with Crippen molar-refractivity contribution in [3.8, 4) is 0 Å². The Labute approximate surface area is 104 Å². The maximum absolute atomic E-state index is 12.0. The molecule has 1 aromatic carbocycles. The van der Waals surface area contributed by atoms with Gasteiger partial charge in [0.05, 0.1) is 0 Å². The monoisotopic (exact) mass is 231 g/mol. The number of carbonyl (C=O) groups is 1. The summed E-state index contributed by atoms with van der Waals surface area (Å²) in [5, 5.41) is 0. The Bertz CT molecular complexity index is 396. The Morgan fingerprint density at radius 2 is 2.18 bits per heavy atom. The highest BCUT2D eigenvalue weighted by Gasteiger charge is 2.22. The van der Waals surface area contributed by atoms with E-state index in [0.717, 1.165) is 23.7 Å². The molecule has 0 bridgehead atoms. The summed E-state index contributed by atoms with van der Waals surface area (Å²) in [6, 6.07) is 8.60. The van der Waals surface area contributed by atoms with Gasteiger partial charge in [0.25, 0.3) is 0 Å². The number of nitrogens with zero attached hydrogens (tertiary/aromatic N) is 1. The molecule has 0 heterocycles. The number of Topliss-reactive ketones (excluding diaryl/α,β-unsaturated/α-hetero) is 1. The zero-order valence-corrected chi connectivity index (χ0v) is 10.8. The van der Waals surface area contributed by atoms with E-state index in [-0.39, 0.29) is 5.78 Å². The molecule has 0 amide bonds. The molecule has 0 radical (unpaired) electrons. The SMILES string of the molecule is Cc1cccc(C(=O)CCN(C)C2CCC2)c1. The third-order valence-electron chi connectivity index (χ3n) is 3.73. The van der Waals surface area contributed by atoms with Crippen molar-refractivity contribution in [2.45, 2.75) is 38.6 Å². The van der Waals surface area contributed by atoms with Crippen LogP contribution in [0, 0.1) is 6.92 Å². The van der Waals surface area contributed by atoms with E-state index in [4.69, 9.17) is 0 Å². The fourth-order valence-corrected chi connectivity index (χ4v) is 2.25. The molecule has 2 nitrogen and oxygen atoms in total. The van der Waals surface area contributed by atoms with E-state index < -0.39 is 0 Å². The lowest BCUT2D eigenvalue weighted by Crippen LogP contribution is -2.38. The predicted octanol–water partition coefficient (Wildman–Crippen LogP) is 3.05. The van der Waals surface area contributed by atoms with E-state index >= 15 is 0 Å². The fraction of sp³-hybridized carbons (Fsp3) is 0.533. The van der Waals surface area contributed by atoms with Crippen molar-refractivity contribution in [2.75, 3.05) is 13.6 Å². The molecule has 0 unspecified atom stereocenters. The van der Waals surface area contributed by atoms with Gasteiger partial charge in [-0.1, -0.05) is 30.2 Å². The topological polar surface area (TPSA) is 20.3 Å². The Kier molecular flexibility index (Phi) is 3.95. The number of carbonyl (C=O) groups excluding carboxylic acids is 1. The van der Waals surface area contributed by atoms with Gasteiger partial charge in [0.15, 0.2) is 5.78 Å². The summed E-state index contributed by atoms with van der Waals surface area (Å²) in [6.45, 7) is 2.91. The summed E-state index contributed by atoms with van der Waals surface area (Å²) >= 11 is 0. The Balaban J connectivity index is 1.84. The van der Waals surface area contributed by atoms with Crippen molar-refractivity contribution in [3.63, 3.8) is 0 Å². The second-order valence-electron chi connectivity index (χ2n) is 5.11. The van der Waals surface area contributed by atoms with E-state index in [1.165, 1.54) is 19.3 Å². The van der Waals surface area contributed by atoms with Gasteiger partial charge in [-0.25, -0.2) is 0 Å². The van der Waals surface area contributed by atoms with Gasteiger partial charge in [-0.3, -0.25) is 4.79 Å². The smallest absolute Gasteiger partial charge is 0.164 e. The fourth-order valence-electron chi connectivity index (χ4n) is 2.25. The summed E-state index contributed by atoms with van der Waals surface area (Å²) in [7, 11) is 2.13. The van der Waals surface area contributed by atoms with E-state index in [1.807, 2.05) is 31.2 Å². The van der Waals surface area contributed by atoms with Gasteiger partial charge in [0.2, 0.25) is 0 Å². The van der Waals surface area contributed by atoms with Crippen LogP contribution in [0.1, 0.15) is 41.6 Å². The average Bonchev–Trinajstić information content (AvgIpc) is 2.23. The molecular formula is C15H21NO. The first-order valence-electron chi connectivity index (χ1n) is 6.47. The third kappa shape index (κ3) is 3.16. The molecule has 0 saturated heterocycles. The quantitative estimate of drug-likeness (QED) is 0.726. The molecule has 1 aliphatic carbocycles. The van der Waals surface area contributed by atoms with Gasteiger partial charge >= 0.3 is 0 Å². The Morgan fingerprint density at radius 3 is 2.76 bits per heavy atom. The Morgan fingerprint density at radius 1 is 1.41 bits per heavy atom. The van der Waals surface area contributed by atoms with Crippen LogP contribution in [0.15, 0.2) is 24.3 Å². The minimum absolute atomic E-state index is 0.264. The van der Waals surface area contributed by atoms with Crippen molar-refractivity contribution < 1.29 is 4.79 Å². The number of rotatable bonds is 5. The summed E-state index contributed by atoms with van der Waals surface area (Å²) in [5.41, 5.74) is 2.01. The maximum Gasteiger partial charge on any atom is 0.164 e. The molecule has 1 saturated carbocycles. The van der Waals surface area contributed by atoms with Crippen LogP contribution in [0.2, 0.25) is 0 Å². The normalized spacial score (nSPS) is 15.9. The number of benzene rings is 1. The summed E-state index contributed by atoms with van der Waals surface area (Å²) < 4.78 is 0. The van der Waals surface area contributed by atoms with Crippen LogP contribution in [-0.2, 0) is 0 Å². The minimum atomic E-state index is 0.264. The van der Waals surface area contributed by atoms with Crippen LogP contribution in [-0.4, -0.2) is 30.3 Å². The first kappa shape index (κ1) is 12.3. The molecule has 1 aromatic rings. The zero-order chi connectivity index (χ0) is 12.3. The van der Waals surface area contributed by atoms with E-state index in [2.05, 4.69) is 11.9 Å². The van der Waals surface area contributed by atoms with Gasteiger partial charge in [0.1, 0.15) is 0 Å². The Hall–Kier alpha value is -1.15. The minimum Gasteiger partial charge on any atom is -0.303 e. The predicted molar refractivity (Wildman–Crippen MR) is 70.4 cm³/mol. The second-order valence-corrected chi connectivity index (χ2v) is 5.11. The van der Waals surface area contributed by atoms with Gasteiger partial charge in [-0.05, 0) is 32.9 Å². The van der Waals surface area contributed by atoms with Crippen LogP contribution < -0.4 is 0 Å². The van der Waals surface area contributed by atoms with Crippen molar-refractivity contribution in [3.05, 3.63) is 35.4 Å². The van der Waals surface area contributed by atoms with Crippen LogP contribution in [0.5, 0.6) is 0 Å². The van der Waals surface area contributed by atoms with E-state index in [0.29, 0.717) is 6.42 Å². The summed E-state index contributed by atoms with van der Waals surface area (Å²) in [5.74, 6) is 0.264. The lowest BCUT2D eigenvalue weighted by molar-refractivity contribution is 0.0939. The molecular weight excluding hydrogens is 210 g/mol. The second kappa shape index (κ2) is 5.46. The lowest BCUT2D eigenvalue weighted by Gasteiger charge is -2.34. The molecule has 0 spiro atoms. The highest BCUT2D eigenvalue weighted by Crippen LogP contribution is 2.23. The zero-order valence-electron chi connectivity index (χ0n) is 10.8. The van der Waals surface area contributed by atoms with Crippen molar-refractivity contribution >= 4 is 5.78 Å². The van der Waals surface area contributed by atoms with Crippen LogP contribution >= 0.6 is 0 Å². The standard InChI is InChI=1S/C15H21NO/c1-12-5-3-6-13(11-12)15(17)9-10-16(2)14-7-4-8-14/h3,5-6,11,14H,4,7-10H2,1-2H3. The van der Waals surface area contributed by atoms with Gasteiger partial charge in [-0.15, -0.1) is 0 Å². The average molecular weight is 231 g/mol. The molecule has 17 heavy (non-hydrogen) atoms. The van der Waals surface area contributed by atoms with Gasteiger partial charge in [-0.2, -0.15) is 0 Å². The van der Waals surface area contributed by atoms with Crippen molar-refractivity contribution in [1.29, 1.82) is 0 Å². The molecule has 1 aliphatic rings. The van der Waals surface area contributed by atoms with Gasteiger partial charge < -0.3 is 4.90 Å². The first-order chi connectivity index (χ1) is 8.16. The molecule has 2 heteroatoms. The first-order valence-corrected chi connectivity index (χ1v) is 6.47. The third-order valence-corrected chi connectivity index (χ3v) is 3.73. The number of hydrogen-bond donors (Lipinski definition) is 0. The summed E-state index contributed by atoms with van der Waals surface area (Å²) in [4.78, 5) is 14.3. The van der Waals surface area contributed by atoms with Crippen LogP contribution in [0.4, 0.5) is 0 Å². The van der Waals surface area contributed by atoms with E-state index in [9.17, 15) is 4.79 Å². The molecule has 0 N–H and O–H groups in total.